The molecule has 15 heteroatoms. The number of hydrogen-bond donors (Lipinski definition) is 4. The molecule has 0 bridgehead atoms. The highest BCUT2D eigenvalue weighted by Gasteiger charge is 2.27. The topological polar surface area (TPSA) is 226 Å². The molecule has 40 heavy (non-hydrogen) atoms. The molecule has 1 aromatic carbocycles. The van der Waals surface area contributed by atoms with Crippen molar-refractivity contribution in [2.45, 2.75) is 39.3 Å². The number of aromatic nitrogens is 4. The normalized spacial score (nSPS) is 11.6. The van der Waals surface area contributed by atoms with Crippen molar-refractivity contribution in [1.29, 1.82) is 0 Å². The second-order valence-electron chi connectivity index (χ2n) is 9.24. The Hall–Kier alpha value is -5.08. The van der Waals surface area contributed by atoms with Gasteiger partial charge in [0.1, 0.15) is 6.04 Å². The first kappa shape index (κ1) is 29.5. The molecule has 0 saturated carbocycles. The Morgan fingerprint density at radius 1 is 1.07 bits per heavy atom. The van der Waals surface area contributed by atoms with Crippen molar-refractivity contribution in [1.82, 2.24) is 25.3 Å². The van der Waals surface area contributed by atoms with Gasteiger partial charge in [0.05, 0.1) is 25.0 Å². The van der Waals surface area contributed by atoms with Crippen LogP contribution in [0.4, 0.5) is 22.2 Å². The number of fused-ring (bicyclic) bond motifs is 1. The molecule has 3 aromatic rings. The number of amides is 1. The molecule has 0 unspecified atom stereocenters. The maximum atomic E-state index is 12.8. The van der Waals surface area contributed by atoms with Crippen LogP contribution >= 0.6 is 0 Å². The van der Waals surface area contributed by atoms with E-state index in [4.69, 9.17) is 21.3 Å². The van der Waals surface area contributed by atoms with E-state index in [1.807, 2.05) is 4.90 Å². The molecule has 212 valence electrons. The van der Waals surface area contributed by atoms with Gasteiger partial charge >= 0.3 is 18.1 Å². The average molecular weight is 555 g/mol. The predicted octanol–water partition coefficient (Wildman–Crippen LogP) is 1.52. The van der Waals surface area contributed by atoms with Crippen molar-refractivity contribution in [3.63, 3.8) is 0 Å². The van der Waals surface area contributed by atoms with E-state index >= 15 is 0 Å². The van der Waals surface area contributed by atoms with Crippen molar-refractivity contribution in [3.05, 3.63) is 41.7 Å². The fourth-order valence-electron chi connectivity index (χ4n) is 3.44. The first-order valence-electron chi connectivity index (χ1n) is 12.2. The van der Waals surface area contributed by atoms with E-state index in [0.29, 0.717) is 17.8 Å². The lowest BCUT2D eigenvalue weighted by molar-refractivity contribution is -0.143. The van der Waals surface area contributed by atoms with E-state index in [1.54, 1.807) is 39.2 Å². The van der Waals surface area contributed by atoms with Gasteiger partial charge in [-0.05, 0) is 36.6 Å². The third kappa shape index (κ3) is 8.21. The molecule has 1 amide bonds. The molecular formula is C25H30N8O7. The Labute approximate surface area is 228 Å². The average Bonchev–Trinajstić information content (AvgIpc) is 2.89. The van der Waals surface area contributed by atoms with Crippen molar-refractivity contribution < 1.29 is 33.8 Å². The van der Waals surface area contributed by atoms with Crippen molar-refractivity contribution in [3.8, 4) is 0 Å². The molecule has 0 aliphatic heterocycles. The molecule has 0 fully saturated rings. The molecule has 2 heterocycles. The maximum absolute atomic E-state index is 12.8. The zero-order chi connectivity index (χ0) is 29.4. The highest BCUT2D eigenvalue weighted by Crippen LogP contribution is 2.19. The summed E-state index contributed by atoms with van der Waals surface area (Å²) in [7, 11) is 1.81. The lowest BCUT2D eigenvalue weighted by Gasteiger charge is -2.20. The number of esters is 1. The largest absolute Gasteiger partial charge is 0.516 e. The number of carboxylic acids is 1. The lowest BCUT2D eigenvalue weighted by Crippen LogP contribution is -2.43. The molecule has 0 aliphatic carbocycles. The molecule has 2 aromatic heterocycles. The number of carbonyl (C=O) groups excluding carboxylic acids is 3. The summed E-state index contributed by atoms with van der Waals surface area (Å²) in [5.41, 5.74) is 13.6. The number of nitrogens with zero attached hydrogens (tertiary/aromatic N) is 5. The number of benzene rings is 1. The number of hydrogen-bond acceptors (Lipinski definition) is 13. The molecule has 6 N–H and O–H groups in total. The maximum Gasteiger partial charge on any atom is 0.516 e. The minimum Gasteiger partial charge on any atom is -0.481 e. The fraction of sp³-hybridized carbons (Fsp3) is 0.360. The highest BCUT2D eigenvalue weighted by atomic mass is 16.7. The van der Waals surface area contributed by atoms with Crippen LogP contribution in [0.1, 0.15) is 42.7 Å². The minimum absolute atomic E-state index is 0.00235. The number of carboxylic acid groups (broad SMARTS) is 1. The minimum atomic E-state index is -1.38. The summed E-state index contributed by atoms with van der Waals surface area (Å²) in [6, 6.07) is 5.03. The van der Waals surface area contributed by atoms with Gasteiger partial charge in [-0.15, -0.1) is 0 Å². The molecule has 0 aliphatic rings. The van der Waals surface area contributed by atoms with Gasteiger partial charge in [0.25, 0.3) is 5.91 Å². The molecule has 0 saturated heterocycles. The number of nitrogens with two attached hydrogens (primary N) is 2. The van der Waals surface area contributed by atoms with Crippen LogP contribution in [0.3, 0.4) is 0 Å². The van der Waals surface area contributed by atoms with Gasteiger partial charge < -0.3 is 36.3 Å². The summed E-state index contributed by atoms with van der Waals surface area (Å²) in [6.45, 7) is 3.97. The van der Waals surface area contributed by atoms with Gasteiger partial charge in [-0.2, -0.15) is 9.97 Å². The Kier molecular flexibility index (Phi) is 9.67. The summed E-state index contributed by atoms with van der Waals surface area (Å²) < 4.78 is 9.44. The second kappa shape index (κ2) is 13.1. The van der Waals surface area contributed by atoms with Crippen molar-refractivity contribution >= 4 is 52.6 Å². The standard InChI is InChI=1S/C25H30N8O7/c1-13(2)12-39-25(38)40-23(37)17(8-9-18(34)35)30-22(36)14-4-6-16(7-5-14)33(3)11-15-10-28-21-19(29-15)20(26)31-24(27)32-21/h4-7,10,13,17H,8-9,11-12H2,1-3H3,(H,30,36)(H,34,35)(H4,26,27,28,31,32)/t17-/m0/s1. The van der Waals surface area contributed by atoms with Crippen LogP contribution in [0.5, 0.6) is 0 Å². The Morgan fingerprint density at radius 3 is 2.42 bits per heavy atom. The van der Waals surface area contributed by atoms with E-state index in [0.717, 1.165) is 5.69 Å². The fourth-order valence-corrected chi connectivity index (χ4v) is 3.44. The van der Waals surface area contributed by atoms with E-state index in [9.17, 15) is 19.2 Å². The summed E-state index contributed by atoms with van der Waals surface area (Å²) in [5, 5.41) is 11.4. The van der Waals surface area contributed by atoms with Gasteiger partial charge in [0, 0.05) is 24.7 Å². The summed E-state index contributed by atoms with van der Waals surface area (Å²) in [5.74, 6) is -2.83. The number of rotatable bonds is 11. The number of aliphatic carboxylic acids is 1. The zero-order valence-corrected chi connectivity index (χ0v) is 22.2. The van der Waals surface area contributed by atoms with Crippen LogP contribution in [0.25, 0.3) is 11.2 Å². The van der Waals surface area contributed by atoms with Crippen LogP contribution in [-0.4, -0.2) is 68.7 Å². The monoisotopic (exact) mass is 554 g/mol. The van der Waals surface area contributed by atoms with Gasteiger partial charge in [-0.3, -0.25) is 9.59 Å². The SMILES string of the molecule is CC(C)COC(=O)OC(=O)[C@H](CCC(=O)O)NC(=O)c1ccc(N(C)Cc2cnc3nc(N)nc(N)c3n2)cc1. The molecule has 1 atom stereocenters. The molecular weight excluding hydrogens is 524 g/mol. The van der Waals surface area contributed by atoms with Crippen molar-refractivity contribution in [2.75, 3.05) is 30.0 Å². The second-order valence-corrected chi connectivity index (χ2v) is 9.24. The number of nitrogens with one attached hydrogen (secondary N) is 1. The van der Waals surface area contributed by atoms with Crippen LogP contribution in [0.15, 0.2) is 30.5 Å². The first-order valence-corrected chi connectivity index (χ1v) is 12.2. The number of nitrogen functional groups attached to an aromatic ring is 2. The van der Waals surface area contributed by atoms with Crippen LogP contribution in [0.2, 0.25) is 0 Å². The number of ether oxygens (including phenoxy) is 2. The number of anilines is 3. The van der Waals surface area contributed by atoms with E-state index in [-0.39, 0.29) is 41.9 Å². The zero-order valence-electron chi connectivity index (χ0n) is 22.2. The van der Waals surface area contributed by atoms with Crippen LogP contribution in [-0.2, 0) is 25.6 Å². The predicted molar refractivity (Wildman–Crippen MR) is 143 cm³/mol. The van der Waals surface area contributed by atoms with Gasteiger partial charge in [-0.25, -0.2) is 19.6 Å². The number of carbonyl (C=O) groups is 4. The van der Waals surface area contributed by atoms with Crippen molar-refractivity contribution in [2.24, 2.45) is 5.92 Å². The first-order chi connectivity index (χ1) is 18.9. The third-order valence-electron chi connectivity index (χ3n) is 5.43. The summed E-state index contributed by atoms with van der Waals surface area (Å²) >= 11 is 0. The highest BCUT2D eigenvalue weighted by molar-refractivity contribution is 5.98. The summed E-state index contributed by atoms with van der Waals surface area (Å²) in [6.07, 6.45) is -0.404. The molecule has 0 spiro atoms. The van der Waals surface area contributed by atoms with E-state index < -0.39 is 36.5 Å². The van der Waals surface area contributed by atoms with Gasteiger partial charge in [0.15, 0.2) is 17.0 Å². The molecule has 0 radical (unpaired) electrons. The Balaban J connectivity index is 1.65. The Morgan fingerprint density at radius 2 is 1.77 bits per heavy atom. The smallest absolute Gasteiger partial charge is 0.481 e. The van der Waals surface area contributed by atoms with Gasteiger partial charge in [-0.1, -0.05) is 13.8 Å². The van der Waals surface area contributed by atoms with E-state index in [1.165, 1.54) is 12.1 Å². The molecule has 3 rings (SSSR count). The summed E-state index contributed by atoms with van der Waals surface area (Å²) in [4.78, 5) is 66.5. The lowest BCUT2D eigenvalue weighted by atomic mass is 10.1. The van der Waals surface area contributed by atoms with Crippen LogP contribution < -0.4 is 21.7 Å². The third-order valence-corrected chi connectivity index (χ3v) is 5.43. The van der Waals surface area contributed by atoms with Crippen LogP contribution in [0, 0.1) is 5.92 Å². The van der Waals surface area contributed by atoms with Gasteiger partial charge in [0.2, 0.25) is 5.95 Å². The quantitative estimate of drug-likeness (QED) is 0.195. The Bertz CT molecular complexity index is 1400. The molecule has 15 nitrogen and oxygen atoms in total. The van der Waals surface area contributed by atoms with E-state index in [2.05, 4.69) is 30.0 Å².